The molecule has 0 fully saturated rings. The molecule has 0 atom stereocenters. The van der Waals surface area contributed by atoms with Gasteiger partial charge in [-0.2, -0.15) is 0 Å². The highest BCUT2D eigenvalue weighted by Gasteiger charge is 2.35. The fraction of sp³-hybridized carbons (Fsp3) is 0.333. The summed E-state index contributed by atoms with van der Waals surface area (Å²) in [5.41, 5.74) is 10.3. The van der Waals surface area contributed by atoms with E-state index in [4.69, 9.17) is 22.1 Å². The maximum atomic E-state index is 13.5. The number of carbonyl (C=O) groups excluding carboxylic acids is 2. The van der Waals surface area contributed by atoms with Crippen LogP contribution >= 0.6 is 11.6 Å². The SMILES string of the molecule is C=C(/C=C(\C=C/N)NC(=O)C(=O)c1c2c(n(Cc3ccc(Cl)cc3)c1C)CCC(C)(C)C2)OC. The molecule has 1 aliphatic rings. The third kappa shape index (κ3) is 5.62. The van der Waals surface area contributed by atoms with E-state index in [1.54, 1.807) is 0 Å². The second kappa shape index (κ2) is 10.3. The van der Waals surface area contributed by atoms with E-state index in [2.05, 4.69) is 30.3 Å². The number of aromatic nitrogens is 1. The van der Waals surface area contributed by atoms with Crippen molar-refractivity contribution in [1.29, 1.82) is 0 Å². The largest absolute Gasteiger partial charge is 0.497 e. The number of hydrogen-bond acceptors (Lipinski definition) is 4. The highest BCUT2D eigenvalue weighted by Crippen LogP contribution is 2.39. The molecule has 1 amide bonds. The van der Waals surface area contributed by atoms with Crippen molar-refractivity contribution in [2.24, 2.45) is 11.1 Å². The van der Waals surface area contributed by atoms with Gasteiger partial charge in [0.25, 0.3) is 11.7 Å². The summed E-state index contributed by atoms with van der Waals surface area (Å²) in [5.74, 6) is -0.975. The molecule has 1 aliphatic carbocycles. The molecule has 7 heteroatoms. The van der Waals surface area contributed by atoms with Gasteiger partial charge in [0.1, 0.15) is 5.76 Å². The number of nitrogens with one attached hydrogen (secondary N) is 1. The van der Waals surface area contributed by atoms with Gasteiger partial charge in [0.05, 0.1) is 12.7 Å². The third-order valence-corrected chi connectivity index (χ3v) is 6.49. The van der Waals surface area contributed by atoms with Gasteiger partial charge in [-0.25, -0.2) is 0 Å². The molecule has 0 unspecified atom stereocenters. The molecule has 1 aromatic heterocycles. The first-order valence-electron chi connectivity index (χ1n) is 11.2. The Morgan fingerprint density at radius 1 is 1.29 bits per heavy atom. The van der Waals surface area contributed by atoms with E-state index in [0.717, 1.165) is 41.8 Å². The van der Waals surface area contributed by atoms with E-state index >= 15 is 0 Å². The van der Waals surface area contributed by atoms with Gasteiger partial charge in [0.2, 0.25) is 0 Å². The Morgan fingerprint density at radius 3 is 2.59 bits per heavy atom. The van der Waals surface area contributed by atoms with Crippen molar-refractivity contribution in [3.8, 4) is 0 Å². The highest BCUT2D eigenvalue weighted by atomic mass is 35.5. The maximum absolute atomic E-state index is 13.5. The summed E-state index contributed by atoms with van der Waals surface area (Å²) in [7, 11) is 1.47. The van der Waals surface area contributed by atoms with Crippen molar-refractivity contribution >= 4 is 23.3 Å². The smallest absolute Gasteiger partial charge is 0.296 e. The predicted molar refractivity (Wildman–Crippen MR) is 136 cm³/mol. The molecule has 1 heterocycles. The lowest BCUT2D eigenvalue weighted by Gasteiger charge is -2.31. The number of carbonyl (C=O) groups is 2. The highest BCUT2D eigenvalue weighted by molar-refractivity contribution is 6.43. The summed E-state index contributed by atoms with van der Waals surface area (Å²) < 4.78 is 7.21. The molecule has 180 valence electrons. The molecule has 0 saturated carbocycles. The first-order chi connectivity index (χ1) is 16.1. The number of nitrogens with zero attached hydrogens (tertiary/aromatic N) is 1. The van der Waals surface area contributed by atoms with Crippen molar-refractivity contribution in [1.82, 2.24) is 9.88 Å². The minimum atomic E-state index is -0.730. The minimum absolute atomic E-state index is 0.0426. The molecule has 0 bridgehead atoms. The molecule has 2 aromatic rings. The Kier molecular flexibility index (Phi) is 7.72. The molecule has 6 nitrogen and oxygen atoms in total. The van der Waals surface area contributed by atoms with Crippen molar-refractivity contribution in [3.63, 3.8) is 0 Å². The van der Waals surface area contributed by atoms with E-state index in [0.29, 0.717) is 28.6 Å². The first-order valence-corrected chi connectivity index (χ1v) is 11.6. The summed E-state index contributed by atoms with van der Waals surface area (Å²) in [6.07, 6.45) is 6.85. The van der Waals surface area contributed by atoms with Crippen LogP contribution in [0.1, 0.15) is 53.1 Å². The molecule has 1 aromatic carbocycles. The summed E-state index contributed by atoms with van der Waals surface area (Å²) in [4.78, 5) is 26.5. The molecule has 0 saturated heterocycles. The van der Waals surface area contributed by atoms with Crippen LogP contribution in [0.15, 0.2) is 60.7 Å². The second-order valence-corrected chi connectivity index (χ2v) is 9.79. The lowest BCUT2D eigenvalue weighted by molar-refractivity contribution is -0.116. The molecule has 0 aliphatic heterocycles. The molecular weight excluding hydrogens is 450 g/mol. The van der Waals surface area contributed by atoms with E-state index in [1.165, 1.54) is 25.5 Å². The molecule has 34 heavy (non-hydrogen) atoms. The molecule has 0 radical (unpaired) electrons. The van der Waals surface area contributed by atoms with Crippen LogP contribution in [0.5, 0.6) is 0 Å². The zero-order chi connectivity index (χ0) is 25.0. The normalized spacial score (nSPS) is 15.1. The van der Waals surface area contributed by atoms with Gasteiger partial charge in [0.15, 0.2) is 0 Å². The van der Waals surface area contributed by atoms with E-state index in [-0.39, 0.29) is 5.41 Å². The Morgan fingerprint density at radius 2 is 1.97 bits per heavy atom. The van der Waals surface area contributed by atoms with Gasteiger partial charge in [0, 0.05) is 34.7 Å². The number of fused-ring (bicyclic) bond motifs is 1. The van der Waals surface area contributed by atoms with Gasteiger partial charge < -0.3 is 20.4 Å². The second-order valence-electron chi connectivity index (χ2n) is 9.35. The van der Waals surface area contributed by atoms with Crippen molar-refractivity contribution in [3.05, 3.63) is 93.8 Å². The molecule has 0 spiro atoms. The van der Waals surface area contributed by atoms with Crippen LogP contribution in [0, 0.1) is 12.3 Å². The van der Waals surface area contributed by atoms with Crippen molar-refractivity contribution < 1.29 is 14.3 Å². The Hall–Kier alpha value is -3.25. The van der Waals surface area contributed by atoms with Gasteiger partial charge in [-0.15, -0.1) is 0 Å². The standard InChI is InChI=1S/C27H32ClN3O3/c1-17(34-5)14-21(11-13-29)30-26(33)25(32)24-18(2)31(16-19-6-8-20(28)9-7-19)23-10-12-27(3,4)15-22(23)24/h6-9,11,13-14H,1,10,12,15-16,29H2,2-5H3,(H,30,33)/b13-11-,21-14+. The van der Waals surface area contributed by atoms with Gasteiger partial charge in [-0.3, -0.25) is 9.59 Å². The van der Waals surface area contributed by atoms with Gasteiger partial charge >= 0.3 is 0 Å². The lowest BCUT2D eigenvalue weighted by Crippen LogP contribution is -2.32. The van der Waals surface area contributed by atoms with Crippen LogP contribution in [0.2, 0.25) is 5.02 Å². The Labute approximate surface area is 206 Å². The monoisotopic (exact) mass is 481 g/mol. The quantitative estimate of drug-likeness (QED) is 0.245. The summed E-state index contributed by atoms with van der Waals surface area (Å²) in [6.45, 7) is 10.6. The van der Waals surface area contributed by atoms with Gasteiger partial charge in [-0.1, -0.05) is 44.2 Å². The van der Waals surface area contributed by atoms with Crippen LogP contribution < -0.4 is 11.1 Å². The average Bonchev–Trinajstić information content (AvgIpc) is 3.04. The van der Waals surface area contributed by atoms with Crippen LogP contribution in [-0.2, 0) is 28.9 Å². The van der Waals surface area contributed by atoms with Crippen LogP contribution in [0.3, 0.4) is 0 Å². The minimum Gasteiger partial charge on any atom is -0.497 e. The topological polar surface area (TPSA) is 86.4 Å². The fourth-order valence-electron chi connectivity index (χ4n) is 4.41. The number of Topliss-reactive ketones (excluding diaryl/α,β-unsaturated/α-hetero) is 1. The van der Waals surface area contributed by atoms with Crippen molar-refractivity contribution in [2.45, 2.75) is 46.6 Å². The lowest BCUT2D eigenvalue weighted by atomic mass is 9.75. The number of methoxy groups -OCH3 is 1. The number of nitrogens with two attached hydrogens (primary N) is 1. The van der Waals surface area contributed by atoms with Crippen molar-refractivity contribution in [2.75, 3.05) is 7.11 Å². The first kappa shape index (κ1) is 25.4. The zero-order valence-electron chi connectivity index (χ0n) is 20.2. The number of amides is 1. The predicted octanol–water partition coefficient (Wildman–Crippen LogP) is 4.83. The zero-order valence-corrected chi connectivity index (χ0v) is 21.0. The third-order valence-electron chi connectivity index (χ3n) is 6.24. The number of ketones is 1. The maximum Gasteiger partial charge on any atom is 0.296 e. The van der Waals surface area contributed by atoms with Crippen LogP contribution in [0.25, 0.3) is 0 Å². The fourth-order valence-corrected chi connectivity index (χ4v) is 4.54. The summed E-state index contributed by atoms with van der Waals surface area (Å²) >= 11 is 6.05. The van der Waals surface area contributed by atoms with E-state index in [9.17, 15) is 9.59 Å². The number of ether oxygens (including phenoxy) is 1. The molecule has 3 rings (SSSR count). The summed E-state index contributed by atoms with van der Waals surface area (Å²) in [6, 6.07) is 7.68. The van der Waals surface area contributed by atoms with Crippen LogP contribution in [-0.4, -0.2) is 23.4 Å². The van der Waals surface area contributed by atoms with E-state index in [1.807, 2.05) is 31.2 Å². The summed E-state index contributed by atoms with van der Waals surface area (Å²) in [5, 5.41) is 3.32. The number of rotatable bonds is 8. The number of halogens is 1. The van der Waals surface area contributed by atoms with E-state index < -0.39 is 11.7 Å². The Bertz CT molecular complexity index is 1170. The molecule has 3 N–H and O–H groups in total. The number of benzene rings is 1. The molecular formula is C27H32ClN3O3. The number of allylic oxidation sites excluding steroid dienone is 2. The average molecular weight is 482 g/mol. The van der Waals surface area contributed by atoms with Crippen LogP contribution in [0.4, 0.5) is 0 Å². The van der Waals surface area contributed by atoms with Gasteiger partial charge in [-0.05, 0) is 67.1 Å². The Balaban J connectivity index is 2.01. The number of hydrogen-bond donors (Lipinski definition) is 2.